The van der Waals surface area contributed by atoms with E-state index in [0.717, 1.165) is 0 Å². The van der Waals surface area contributed by atoms with Crippen molar-refractivity contribution in [2.24, 2.45) is 5.92 Å². The van der Waals surface area contributed by atoms with Crippen LogP contribution in [0.25, 0.3) is 0 Å². The Hall–Kier alpha value is -1.07. The first-order valence-corrected chi connectivity index (χ1v) is 5.92. The molecule has 4 nitrogen and oxygen atoms in total. The van der Waals surface area contributed by atoms with Gasteiger partial charge in [-0.25, -0.2) is 0 Å². The average Bonchev–Trinajstić information content (AvgIpc) is 2.63. The SMILES string of the molecule is CC(C)N(C(=O)C1C=CC=C1B(O)O)C(C)C. The summed E-state index contributed by atoms with van der Waals surface area (Å²) in [6.07, 6.45) is 4.98. The van der Waals surface area contributed by atoms with Crippen LogP contribution < -0.4 is 0 Å². The quantitative estimate of drug-likeness (QED) is 0.709. The van der Waals surface area contributed by atoms with Crippen molar-refractivity contribution in [1.29, 1.82) is 0 Å². The molecule has 0 bridgehead atoms. The third-order valence-corrected chi connectivity index (χ3v) is 2.88. The van der Waals surface area contributed by atoms with Crippen LogP contribution >= 0.6 is 0 Å². The Labute approximate surface area is 103 Å². The predicted molar refractivity (Wildman–Crippen MR) is 68.0 cm³/mol. The topological polar surface area (TPSA) is 60.8 Å². The summed E-state index contributed by atoms with van der Waals surface area (Å²) < 4.78 is 0. The molecule has 17 heavy (non-hydrogen) atoms. The lowest BCUT2D eigenvalue weighted by Crippen LogP contribution is -2.46. The molecule has 1 aliphatic carbocycles. The number of allylic oxidation sites excluding steroid dienone is 2. The minimum absolute atomic E-state index is 0.0805. The zero-order valence-corrected chi connectivity index (χ0v) is 10.8. The largest absolute Gasteiger partial charge is 0.485 e. The van der Waals surface area contributed by atoms with Gasteiger partial charge >= 0.3 is 7.12 Å². The van der Waals surface area contributed by atoms with Gasteiger partial charge in [0.15, 0.2) is 0 Å². The molecule has 0 heterocycles. The molecule has 0 aromatic carbocycles. The van der Waals surface area contributed by atoms with Crippen molar-refractivity contribution in [3.63, 3.8) is 0 Å². The van der Waals surface area contributed by atoms with E-state index in [0.29, 0.717) is 5.47 Å². The Balaban J connectivity index is 2.89. The van der Waals surface area contributed by atoms with E-state index in [1.54, 1.807) is 23.1 Å². The highest BCUT2D eigenvalue weighted by molar-refractivity contribution is 6.52. The molecule has 1 amide bonds. The molecular weight excluding hydrogens is 217 g/mol. The highest BCUT2D eigenvalue weighted by atomic mass is 16.4. The van der Waals surface area contributed by atoms with Crippen LogP contribution in [0.2, 0.25) is 0 Å². The maximum absolute atomic E-state index is 12.4. The number of carbonyl (C=O) groups excluding carboxylic acids is 1. The van der Waals surface area contributed by atoms with E-state index in [-0.39, 0.29) is 18.0 Å². The lowest BCUT2D eigenvalue weighted by atomic mass is 9.73. The molecule has 1 atom stereocenters. The van der Waals surface area contributed by atoms with E-state index < -0.39 is 13.0 Å². The predicted octanol–water partition coefficient (Wildman–Crippen LogP) is 0.756. The van der Waals surface area contributed by atoms with Gasteiger partial charge in [-0.3, -0.25) is 4.79 Å². The fraction of sp³-hybridized carbons (Fsp3) is 0.583. The van der Waals surface area contributed by atoms with E-state index in [2.05, 4.69) is 0 Å². The van der Waals surface area contributed by atoms with Crippen LogP contribution in [0.1, 0.15) is 27.7 Å². The highest BCUT2D eigenvalue weighted by Gasteiger charge is 2.34. The monoisotopic (exact) mass is 237 g/mol. The van der Waals surface area contributed by atoms with Crippen molar-refractivity contribution < 1.29 is 14.8 Å². The maximum atomic E-state index is 12.4. The molecular formula is C12H20BNO3. The van der Waals surface area contributed by atoms with Crippen molar-refractivity contribution in [2.75, 3.05) is 0 Å². The Morgan fingerprint density at radius 3 is 2.24 bits per heavy atom. The Kier molecular flexibility index (Phi) is 4.54. The molecule has 1 aliphatic rings. The summed E-state index contributed by atoms with van der Waals surface area (Å²) in [6, 6.07) is 0.183. The molecule has 0 aliphatic heterocycles. The van der Waals surface area contributed by atoms with Gasteiger partial charge in [-0.2, -0.15) is 0 Å². The fourth-order valence-electron chi connectivity index (χ4n) is 2.23. The summed E-state index contributed by atoms with van der Waals surface area (Å²) in [4.78, 5) is 14.1. The van der Waals surface area contributed by atoms with Crippen LogP contribution in [-0.4, -0.2) is 40.1 Å². The van der Waals surface area contributed by atoms with E-state index in [9.17, 15) is 14.8 Å². The van der Waals surface area contributed by atoms with Gasteiger partial charge in [0.05, 0.1) is 5.92 Å². The number of hydrogen-bond donors (Lipinski definition) is 2. The second kappa shape index (κ2) is 5.51. The molecule has 0 saturated heterocycles. The summed E-state index contributed by atoms with van der Waals surface area (Å²) >= 11 is 0. The lowest BCUT2D eigenvalue weighted by molar-refractivity contribution is -0.136. The van der Waals surface area contributed by atoms with Gasteiger partial charge in [0.2, 0.25) is 5.91 Å². The number of hydrogen-bond acceptors (Lipinski definition) is 3. The van der Waals surface area contributed by atoms with Gasteiger partial charge in [0, 0.05) is 12.1 Å². The first kappa shape index (κ1) is 14.0. The van der Waals surface area contributed by atoms with Gasteiger partial charge in [-0.05, 0) is 33.2 Å². The Morgan fingerprint density at radius 1 is 1.29 bits per heavy atom. The molecule has 0 radical (unpaired) electrons. The highest BCUT2D eigenvalue weighted by Crippen LogP contribution is 2.24. The second-order valence-electron chi connectivity index (χ2n) is 4.84. The average molecular weight is 237 g/mol. The van der Waals surface area contributed by atoms with Gasteiger partial charge in [-0.15, -0.1) is 0 Å². The molecule has 94 valence electrons. The molecule has 2 N–H and O–H groups in total. The van der Waals surface area contributed by atoms with E-state index in [1.807, 2.05) is 27.7 Å². The van der Waals surface area contributed by atoms with E-state index in [1.165, 1.54) is 0 Å². The van der Waals surface area contributed by atoms with Crippen molar-refractivity contribution in [3.8, 4) is 0 Å². The normalized spacial score (nSPS) is 18.8. The third kappa shape index (κ3) is 2.98. The molecule has 1 unspecified atom stereocenters. The van der Waals surface area contributed by atoms with Gasteiger partial charge in [-0.1, -0.05) is 18.2 Å². The van der Waals surface area contributed by atoms with Gasteiger partial charge in [0.25, 0.3) is 0 Å². The molecule has 0 saturated carbocycles. The van der Waals surface area contributed by atoms with Crippen LogP contribution in [0.4, 0.5) is 0 Å². The maximum Gasteiger partial charge on any atom is 0.485 e. The summed E-state index contributed by atoms with van der Waals surface area (Å²) in [5, 5.41) is 18.4. The second-order valence-corrected chi connectivity index (χ2v) is 4.84. The van der Waals surface area contributed by atoms with Gasteiger partial charge < -0.3 is 14.9 Å². The lowest BCUT2D eigenvalue weighted by Gasteiger charge is -2.33. The van der Waals surface area contributed by atoms with Crippen LogP contribution in [0.5, 0.6) is 0 Å². The van der Waals surface area contributed by atoms with E-state index in [4.69, 9.17) is 0 Å². The smallest absolute Gasteiger partial charge is 0.423 e. The molecule has 1 rings (SSSR count). The van der Waals surface area contributed by atoms with Crippen LogP contribution in [-0.2, 0) is 4.79 Å². The fourth-order valence-corrected chi connectivity index (χ4v) is 2.23. The summed E-state index contributed by atoms with van der Waals surface area (Å²) in [7, 11) is -1.57. The van der Waals surface area contributed by atoms with Crippen molar-refractivity contribution >= 4 is 13.0 Å². The number of carbonyl (C=O) groups is 1. The Morgan fingerprint density at radius 2 is 1.82 bits per heavy atom. The molecule has 5 heteroatoms. The minimum Gasteiger partial charge on any atom is -0.423 e. The molecule has 0 fully saturated rings. The number of amides is 1. The number of rotatable bonds is 4. The Bertz CT molecular complexity index is 340. The van der Waals surface area contributed by atoms with Crippen molar-refractivity contribution in [2.45, 2.75) is 39.8 Å². The summed E-state index contributed by atoms with van der Waals surface area (Å²) in [6.45, 7) is 7.81. The van der Waals surface area contributed by atoms with Crippen LogP contribution in [0.3, 0.4) is 0 Å². The van der Waals surface area contributed by atoms with Gasteiger partial charge in [0.1, 0.15) is 0 Å². The van der Waals surface area contributed by atoms with Crippen LogP contribution in [0, 0.1) is 5.92 Å². The molecule has 0 spiro atoms. The molecule has 0 aromatic heterocycles. The van der Waals surface area contributed by atoms with Crippen molar-refractivity contribution in [3.05, 3.63) is 23.7 Å². The first-order valence-electron chi connectivity index (χ1n) is 5.92. The molecule has 0 aromatic rings. The third-order valence-electron chi connectivity index (χ3n) is 2.88. The van der Waals surface area contributed by atoms with E-state index >= 15 is 0 Å². The minimum atomic E-state index is -1.57. The zero-order valence-electron chi connectivity index (χ0n) is 10.8. The van der Waals surface area contributed by atoms with Crippen LogP contribution in [0.15, 0.2) is 23.7 Å². The summed E-state index contributed by atoms with van der Waals surface area (Å²) in [5.74, 6) is -0.622. The first-order chi connectivity index (χ1) is 7.86. The number of nitrogens with zero attached hydrogens (tertiary/aromatic N) is 1. The standard InChI is InChI=1S/C12H20BNO3/c1-8(2)14(9(3)4)12(15)10-6-5-7-11(10)13(16)17/h5-10,16-17H,1-4H3. The zero-order chi connectivity index (χ0) is 13.2. The van der Waals surface area contributed by atoms with Crippen molar-refractivity contribution in [1.82, 2.24) is 4.90 Å². The summed E-state index contributed by atoms with van der Waals surface area (Å²) in [5.41, 5.74) is 0.348.